The number of hydrogen-bond acceptors (Lipinski definition) is 7. The molecular formula is C16H25N5O3S. The van der Waals surface area contributed by atoms with E-state index in [1.54, 1.807) is 0 Å². The molecule has 0 unspecified atom stereocenters. The van der Waals surface area contributed by atoms with E-state index in [4.69, 9.17) is 10.5 Å². The lowest BCUT2D eigenvalue weighted by Gasteiger charge is -2.32. The Morgan fingerprint density at radius 3 is 2.72 bits per heavy atom. The molecule has 2 amide bonds. The second-order valence-corrected chi connectivity index (χ2v) is 7.62. The number of nitrogen functional groups attached to an aromatic ring is 1. The molecule has 0 saturated carbocycles. The highest BCUT2D eigenvalue weighted by Crippen LogP contribution is 2.21. The van der Waals surface area contributed by atoms with Gasteiger partial charge in [0.05, 0.1) is 0 Å². The summed E-state index contributed by atoms with van der Waals surface area (Å²) < 4.78 is 5.46. The van der Waals surface area contributed by atoms with Crippen molar-refractivity contribution < 1.29 is 14.3 Å². The fourth-order valence-corrected chi connectivity index (χ4v) is 3.95. The van der Waals surface area contributed by atoms with Crippen molar-refractivity contribution in [3.05, 3.63) is 5.01 Å². The zero-order valence-electron chi connectivity index (χ0n) is 14.3. The van der Waals surface area contributed by atoms with Crippen LogP contribution >= 0.6 is 11.3 Å². The highest BCUT2D eigenvalue weighted by molar-refractivity contribution is 7.15. The van der Waals surface area contributed by atoms with Gasteiger partial charge in [0.15, 0.2) is 0 Å². The third-order valence-corrected chi connectivity index (χ3v) is 5.54. The van der Waals surface area contributed by atoms with Crippen LogP contribution in [-0.2, 0) is 20.7 Å². The first-order valence-corrected chi connectivity index (χ1v) is 9.71. The second-order valence-electron chi connectivity index (χ2n) is 6.53. The molecule has 1 atom stereocenters. The average Bonchev–Trinajstić information content (AvgIpc) is 3.30. The number of rotatable bonds is 6. The van der Waals surface area contributed by atoms with Gasteiger partial charge in [-0.1, -0.05) is 11.3 Å². The number of amides is 2. The summed E-state index contributed by atoms with van der Waals surface area (Å²) in [6, 6.07) is 0. The lowest BCUT2D eigenvalue weighted by Crippen LogP contribution is -2.46. The summed E-state index contributed by atoms with van der Waals surface area (Å²) in [6.07, 6.45) is 4.53. The fraction of sp³-hybridized carbons (Fsp3) is 0.750. The van der Waals surface area contributed by atoms with Gasteiger partial charge in [0.1, 0.15) is 11.1 Å². The molecule has 2 aliphatic heterocycles. The molecule has 1 aromatic heterocycles. The molecule has 0 aromatic carbocycles. The molecule has 2 fully saturated rings. The lowest BCUT2D eigenvalue weighted by atomic mass is 9.95. The number of aryl methyl sites for hydroxylation is 1. The van der Waals surface area contributed by atoms with Crippen LogP contribution < -0.4 is 11.1 Å². The lowest BCUT2D eigenvalue weighted by molar-refractivity contribution is -0.143. The van der Waals surface area contributed by atoms with Gasteiger partial charge in [-0.15, -0.1) is 10.2 Å². The molecule has 3 N–H and O–H groups in total. The maximum atomic E-state index is 12.3. The minimum atomic E-state index is -0.264. The third kappa shape index (κ3) is 4.88. The first-order valence-electron chi connectivity index (χ1n) is 8.89. The number of nitrogens with one attached hydrogen (secondary N) is 1. The van der Waals surface area contributed by atoms with Crippen molar-refractivity contribution in [3.63, 3.8) is 0 Å². The maximum absolute atomic E-state index is 12.3. The number of piperidine rings is 1. The monoisotopic (exact) mass is 367 g/mol. The Bertz CT molecular complexity index is 594. The van der Waals surface area contributed by atoms with Gasteiger partial charge in [-0.25, -0.2) is 0 Å². The van der Waals surface area contributed by atoms with Crippen molar-refractivity contribution in [1.82, 2.24) is 20.4 Å². The van der Waals surface area contributed by atoms with Crippen LogP contribution in [0.25, 0.3) is 0 Å². The van der Waals surface area contributed by atoms with E-state index in [2.05, 4.69) is 15.5 Å². The topological polar surface area (TPSA) is 110 Å². The number of carbonyl (C=O) groups is 2. The summed E-state index contributed by atoms with van der Waals surface area (Å²) >= 11 is 1.38. The first-order chi connectivity index (χ1) is 12.1. The minimum Gasteiger partial charge on any atom is -0.374 e. The second kappa shape index (κ2) is 8.57. The van der Waals surface area contributed by atoms with Gasteiger partial charge in [0, 0.05) is 38.6 Å². The van der Waals surface area contributed by atoms with E-state index in [-0.39, 0.29) is 23.8 Å². The molecule has 3 rings (SSSR count). The highest BCUT2D eigenvalue weighted by atomic mass is 32.1. The molecule has 1 aromatic rings. The summed E-state index contributed by atoms with van der Waals surface area (Å²) in [7, 11) is 0. The Labute approximate surface area is 151 Å². The Morgan fingerprint density at radius 2 is 2.08 bits per heavy atom. The first kappa shape index (κ1) is 18.1. The van der Waals surface area contributed by atoms with E-state index in [0.717, 1.165) is 43.5 Å². The van der Waals surface area contributed by atoms with Crippen LogP contribution in [0.3, 0.4) is 0 Å². The summed E-state index contributed by atoms with van der Waals surface area (Å²) in [5.74, 6) is 0.166. The number of carbonyl (C=O) groups excluding carboxylic acids is 2. The predicted molar refractivity (Wildman–Crippen MR) is 93.9 cm³/mol. The largest absolute Gasteiger partial charge is 0.374 e. The molecule has 0 spiro atoms. The normalized spacial score (nSPS) is 21.4. The zero-order chi connectivity index (χ0) is 17.6. The maximum Gasteiger partial charge on any atom is 0.251 e. The molecule has 0 radical (unpaired) electrons. The number of hydrogen-bond donors (Lipinski definition) is 2. The number of ether oxygens (including phenoxy) is 1. The van der Waals surface area contributed by atoms with Crippen molar-refractivity contribution in [2.24, 2.45) is 5.92 Å². The van der Waals surface area contributed by atoms with Crippen molar-refractivity contribution in [3.8, 4) is 0 Å². The number of aromatic nitrogens is 2. The molecule has 9 heteroatoms. The molecule has 2 saturated heterocycles. The summed E-state index contributed by atoms with van der Waals surface area (Å²) in [6.45, 7) is 2.58. The van der Waals surface area contributed by atoms with E-state index < -0.39 is 0 Å². The van der Waals surface area contributed by atoms with Gasteiger partial charge in [-0.2, -0.15) is 0 Å². The summed E-state index contributed by atoms with van der Waals surface area (Å²) in [4.78, 5) is 26.4. The molecular weight excluding hydrogens is 342 g/mol. The third-order valence-electron chi connectivity index (χ3n) is 4.73. The summed E-state index contributed by atoms with van der Waals surface area (Å²) in [5.41, 5.74) is 5.54. The molecule has 25 heavy (non-hydrogen) atoms. The van der Waals surface area contributed by atoms with Crippen LogP contribution in [0.1, 0.15) is 37.1 Å². The Balaban J connectivity index is 1.33. The van der Waals surface area contributed by atoms with Gasteiger partial charge >= 0.3 is 0 Å². The van der Waals surface area contributed by atoms with Crippen LogP contribution in [0.4, 0.5) is 5.13 Å². The van der Waals surface area contributed by atoms with Gasteiger partial charge in [0.2, 0.25) is 11.0 Å². The quantitative estimate of drug-likeness (QED) is 0.712. The average molecular weight is 367 g/mol. The SMILES string of the molecule is Nc1nnc(CCCNC(=O)C2CCN(C(=O)[C@@H]3CCCO3)CC2)s1. The van der Waals surface area contributed by atoms with Gasteiger partial charge in [-0.05, 0) is 32.1 Å². The fourth-order valence-electron chi connectivity index (χ4n) is 3.30. The van der Waals surface area contributed by atoms with Crippen molar-refractivity contribution in [2.45, 2.75) is 44.6 Å². The Hall–Kier alpha value is -1.74. The minimum absolute atomic E-state index is 0.00859. The zero-order valence-corrected chi connectivity index (χ0v) is 15.1. The van der Waals surface area contributed by atoms with E-state index >= 15 is 0 Å². The highest BCUT2D eigenvalue weighted by Gasteiger charge is 2.32. The standard InChI is InChI=1S/C16H25N5O3S/c17-16-20-19-13(25-16)4-1-7-18-14(22)11-5-8-21(9-6-11)15(23)12-3-2-10-24-12/h11-12H,1-10H2,(H2,17,20)(H,18,22)/t12-/m0/s1. The Morgan fingerprint density at radius 1 is 1.28 bits per heavy atom. The van der Waals surface area contributed by atoms with E-state index in [9.17, 15) is 9.59 Å². The van der Waals surface area contributed by atoms with Crippen LogP contribution in [0.2, 0.25) is 0 Å². The van der Waals surface area contributed by atoms with Crippen molar-refractivity contribution >= 4 is 28.3 Å². The molecule has 0 bridgehead atoms. The van der Waals surface area contributed by atoms with Crippen LogP contribution in [0.5, 0.6) is 0 Å². The van der Waals surface area contributed by atoms with Crippen molar-refractivity contribution in [2.75, 3.05) is 32.0 Å². The van der Waals surface area contributed by atoms with E-state index in [1.807, 2.05) is 4.90 Å². The van der Waals surface area contributed by atoms with E-state index in [0.29, 0.717) is 31.4 Å². The number of likely N-dealkylation sites (tertiary alicyclic amines) is 1. The van der Waals surface area contributed by atoms with Crippen molar-refractivity contribution in [1.29, 1.82) is 0 Å². The van der Waals surface area contributed by atoms with Crippen LogP contribution in [0, 0.1) is 5.92 Å². The smallest absolute Gasteiger partial charge is 0.251 e. The Kier molecular flexibility index (Phi) is 6.19. The summed E-state index contributed by atoms with van der Waals surface area (Å²) in [5, 5.41) is 12.1. The van der Waals surface area contributed by atoms with Crippen LogP contribution in [-0.4, -0.2) is 59.3 Å². The number of anilines is 1. The van der Waals surface area contributed by atoms with Crippen LogP contribution in [0.15, 0.2) is 0 Å². The predicted octanol–water partition coefficient (Wildman–Crippen LogP) is 0.587. The van der Waals surface area contributed by atoms with E-state index in [1.165, 1.54) is 11.3 Å². The van der Waals surface area contributed by atoms with Gasteiger partial charge in [0.25, 0.3) is 5.91 Å². The molecule has 0 aliphatic carbocycles. The van der Waals surface area contributed by atoms with Gasteiger partial charge < -0.3 is 20.7 Å². The molecule has 2 aliphatic rings. The molecule has 8 nitrogen and oxygen atoms in total. The number of nitrogens with two attached hydrogens (primary N) is 1. The number of nitrogens with zero attached hydrogens (tertiary/aromatic N) is 3. The molecule has 138 valence electrons. The van der Waals surface area contributed by atoms with Gasteiger partial charge in [-0.3, -0.25) is 9.59 Å². The molecule has 3 heterocycles.